The first kappa shape index (κ1) is 15.8. The van der Waals surface area contributed by atoms with Crippen molar-refractivity contribution >= 4 is 21.6 Å². The van der Waals surface area contributed by atoms with E-state index < -0.39 is 15.9 Å². The van der Waals surface area contributed by atoms with Gasteiger partial charge in [-0.05, 0) is 37.1 Å². The molecular weight excluding hydrogens is 316 g/mol. The van der Waals surface area contributed by atoms with Gasteiger partial charge in [-0.15, -0.1) is 0 Å². The molecule has 1 aliphatic rings. The maximum absolute atomic E-state index is 12.5. The molecule has 1 N–H and O–H groups in total. The van der Waals surface area contributed by atoms with Crippen LogP contribution in [0.2, 0.25) is 0 Å². The molecular formula is C16H18N2O4S. The normalized spacial score (nSPS) is 16.2. The van der Waals surface area contributed by atoms with Crippen molar-refractivity contribution in [3.05, 3.63) is 48.2 Å². The lowest BCUT2D eigenvalue weighted by molar-refractivity contribution is 0.0991. The van der Waals surface area contributed by atoms with Crippen LogP contribution < -0.4 is 5.32 Å². The molecule has 2 heterocycles. The Morgan fingerprint density at radius 2 is 1.70 bits per heavy atom. The molecule has 7 heteroatoms. The van der Waals surface area contributed by atoms with Gasteiger partial charge in [0.2, 0.25) is 5.09 Å². The number of rotatable bonds is 4. The zero-order valence-corrected chi connectivity index (χ0v) is 13.4. The van der Waals surface area contributed by atoms with Crippen LogP contribution in [0.4, 0.5) is 5.69 Å². The summed E-state index contributed by atoms with van der Waals surface area (Å²) < 4.78 is 31.7. The van der Waals surface area contributed by atoms with Gasteiger partial charge in [0, 0.05) is 18.8 Å². The number of furan rings is 1. The first-order valence-corrected chi connectivity index (χ1v) is 8.98. The largest absolute Gasteiger partial charge is 0.438 e. The van der Waals surface area contributed by atoms with E-state index in [1.54, 1.807) is 24.3 Å². The van der Waals surface area contributed by atoms with Crippen molar-refractivity contribution in [3.8, 4) is 0 Å². The van der Waals surface area contributed by atoms with E-state index in [0.717, 1.165) is 19.3 Å². The van der Waals surface area contributed by atoms with Crippen LogP contribution in [0.25, 0.3) is 0 Å². The van der Waals surface area contributed by atoms with Crippen LogP contribution in [-0.4, -0.2) is 31.7 Å². The predicted octanol–water partition coefficient (Wildman–Crippen LogP) is 2.71. The molecule has 1 saturated heterocycles. The summed E-state index contributed by atoms with van der Waals surface area (Å²) in [6.45, 7) is 0.989. The molecule has 1 aromatic carbocycles. The summed E-state index contributed by atoms with van der Waals surface area (Å²) in [6, 6.07) is 11.6. The molecule has 2 aromatic rings. The first-order valence-electron chi connectivity index (χ1n) is 7.54. The number of amides is 1. The Balaban J connectivity index is 1.76. The summed E-state index contributed by atoms with van der Waals surface area (Å²) >= 11 is 0. The van der Waals surface area contributed by atoms with Gasteiger partial charge in [0.1, 0.15) is 0 Å². The number of piperidine rings is 1. The Kier molecular flexibility index (Phi) is 4.49. The highest BCUT2D eigenvalue weighted by Gasteiger charge is 2.29. The van der Waals surface area contributed by atoms with Gasteiger partial charge in [0.25, 0.3) is 15.9 Å². The van der Waals surface area contributed by atoms with E-state index >= 15 is 0 Å². The summed E-state index contributed by atoms with van der Waals surface area (Å²) in [7, 11) is -3.66. The van der Waals surface area contributed by atoms with Crippen molar-refractivity contribution in [2.75, 3.05) is 18.4 Å². The summed E-state index contributed by atoms with van der Waals surface area (Å²) in [5.74, 6) is -0.499. The van der Waals surface area contributed by atoms with E-state index in [4.69, 9.17) is 4.42 Å². The SMILES string of the molecule is O=C(Nc1ccccc1)c1ccc(S(=O)(=O)N2CCCCC2)o1. The number of sulfonamides is 1. The van der Waals surface area contributed by atoms with E-state index in [9.17, 15) is 13.2 Å². The van der Waals surface area contributed by atoms with Crippen molar-refractivity contribution in [3.63, 3.8) is 0 Å². The summed E-state index contributed by atoms with van der Waals surface area (Å²) in [6.07, 6.45) is 2.73. The number of hydrogen-bond donors (Lipinski definition) is 1. The van der Waals surface area contributed by atoms with Crippen molar-refractivity contribution in [2.45, 2.75) is 24.4 Å². The van der Waals surface area contributed by atoms with Gasteiger partial charge in [0.05, 0.1) is 0 Å². The van der Waals surface area contributed by atoms with E-state index in [1.807, 2.05) is 6.07 Å². The van der Waals surface area contributed by atoms with E-state index in [-0.39, 0.29) is 10.9 Å². The smallest absolute Gasteiger partial charge is 0.291 e. The molecule has 0 radical (unpaired) electrons. The molecule has 1 aromatic heterocycles. The molecule has 0 atom stereocenters. The van der Waals surface area contributed by atoms with Crippen molar-refractivity contribution in [1.29, 1.82) is 0 Å². The van der Waals surface area contributed by atoms with Crippen LogP contribution in [0, 0.1) is 0 Å². The average molecular weight is 334 g/mol. The molecule has 0 spiro atoms. The topological polar surface area (TPSA) is 79.6 Å². The number of hydrogen-bond acceptors (Lipinski definition) is 4. The zero-order chi connectivity index (χ0) is 16.3. The van der Waals surface area contributed by atoms with Gasteiger partial charge >= 0.3 is 0 Å². The van der Waals surface area contributed by atoms with Crippen LogP contribution in [0.15, 0.2) is 52.0 Å². The molecule has 0 unspecified atom stereocenters. The quantitative estimate of drug-likeness (QED) is 0.932. The highest BCUT2D eigenvalue weighted by atomic mass is 32.2. The maximum Gasteiger partial charge on any atom is 0.291 e. The minimum atomic E-state index is -3.66. The second kappa shape index (κ2) is 6.55. The number of nitrogens with one attached hydrogen (secondary N) is 1. The first-order chi connectivity index (χ1) is 11.1. The Bertz CT molecular complexity index is 777. The van der Waals surface area contributed by atoms with Crippen molar-refractivity contribution in [1.82, 2.24) is 4.31 Å². The fraction of sp³-hybridized carbons (Fsp3) is 0.312. The van der Waals surface area contributed by atoms with Gasteiger partial charge in [0.15, 0.2) is 5.76 Å². The molecule has 0 aliphatic carbocycles. The van der Waals surface area contributed by atoms with E-state index in [1.165, 1.54) is 16.4 Å². The second-order valence-corrected chi connectivity index (χ2v) is 7.27. The number of benzene rings is 1. The number of para-hydroxylation sites is 1. The fourth-order valence-corrected chi connectivity index (χ4v) is 3.96. The minimum absolute atomic E-state index is 0.0237. The predicted molar refractivity (Wildman–Crippen MR) is 85.7 cm³/mol. The van der Waals surface area contributed by atoms with Crippen LogP contribution in [-0.2, 0) is 10.0 Å². The Morgan fingerprint density at radius 3 is 2.39 bits per heavy atom. The van der Waals surface area contributed by atoms with Gasteiger partial charge in [-0.25, -0.2) is 8.42 Å². The van der Waals surface area contributed by atoms with Crippen molar-refractivity contribution < 1.29 is 17.6 Å². The molecule has 3 rings (SSSR count). The van der Waals surface area contributed by atoms with Gasteiger partial charge in [-0.3, -0.25) is 4.79 Å². The summed E-state index contributed by atoms with van der Waals surface area (Å²) in [5, 5.41) is 2.48. The second-order valence-electron chi connectivity index (χ2n) is 5.40. The number of nitrogens with zero attached hydrogens (tertiary/aromatic N) is 1. The third-order valence-corrected chi connectivity index (χ3v) is 5.52. The Labute approximate surface area is 135 Å². The number of anilines is 1. The highest BCUT2D eigenvalue weighted by molar-refractivity contribution is 7.89. The van der Waals surface area contributed by atoms with Crippen LogP contribution in [0.1, 0.15) is 29.8 Å². The van der Waals surface area contributed by atoms with Crippen LogP contribution in [0.3, 0.4) is 0 Å². The molecule has 1 amide bonds. The molecule has 1 aliphatic heterocycles. The third kappa shape index (κ3) is 3.46. The van der Waals surface area contributed by atoms with Gasteiger partial charge in [-0.1, -0.05) is 24.6 Å². The molecule has 6 nitrogen and oxygen atoms in total. The van der Waals surface area contributed by atoms with Crippen LogP contribution >= 0.6 is 0 Å². The van der Waals surface area contributed by atoms with Crippen LogP contribution in [0.5, 0.6) is 0 Å². The Morgan fingerprint density at radius 1 is 1.00 bits per heavy atom. The summed E-state index contributed by atoms with van der Waals surface area (Å²) in [4.78, 5) is 12.1. The van der Waals surface area contributed by atoms with Crippen molar-refractivity contribution in [2.24, 2.45) is 0 Å². The third-order valence-electron chi connectivity index (χ3n) is 3.75. The molecule has 122 valence electrons. The monoisotopic (exact) mass is 334 g/mol. The average Bonchev–Trinajstić information content (AvgIpc) is 3.07. The molecule has 0 saturated carbocycles. The van der Waals surface area contributed by atoms with E-state index in [2.05, 4.69) is 5.32 Å². The Hall–Kier alpha value is -2.12. The van der Waals surface area contributed by atoms with Gasteiger partial charge in [-0.2, -0.15) is 4.31 Å². The minimum Gasteiger partial charge on any atom is -0.438 e. The fourth-order valence-electron chi connectivity index (χ4n) is 2.53. The lowest BCUT2D eigenvalue weighted by Gasteiger charge is -2.24. The zero-order valence-electron chi connectivity index (χ0n) is 12.6. The molecule has 1 fully saturated rings. The molecule has 23 heavy (non-hydrogen) atoms. The lowest BCUT2D eigenvalue weighted by atomic mass is 10.2. The highest BCUT2D eigenvalue weighted by Crippen LogP contribution is 2.22. The molecule has 0 bridgehead atoms. The maximum atomic E-state index is 12.5. The number of carbonyl (C=O) groups excluding carboxylic acids is 1. The summed E-state index contributed by atoms with van der Waals surface area (Å²) in [5.41, 5.74) is 0.620. The van der Waals surface area contributed by atoms with Gasteiger partial charge < -0.3 is 9.73 Å². The van der Waals surface area contributed by atoms with E-state index in [0.29, 0.717) is 18.8 Å². The number of carbonyl (C=O) groups is 1. The standard InChI is InChI=1S/C16H18N2O4S/c19-16(17-13-7-3-1-4-8-13)14-9-10-15(22-14)23(20,21)18-11-5-2-6-12-18/h1,3-4,7-10H,2,5-6,11-12H2,(H,17,19). The lowest BCUT2D eigenvalue weighted by Crippen LogP contribution is -2.35.